The van der Waals surface area contributed by atoms with E-state index in [2.05, 4.69) is 39.8 Å². The van der Waals surface area contributed by atoms with Crippen molar-refractivity contribution < 1.29 is 4.79 Å². The maximum atomic E-state index is 13.4. The number of aryl methyl sites for hydroxylation is 1. The van der Waals surface area contributed by atoms with Crippen molar-refractivity contribution in [3.63, 3.8) is 0 Å². The van der Waals surface area contributed by atoms with Crippen molar-refractivity contribution in [2.45, 2.75) is 32.9 Å². The molecule has 1 amide bonds. The second-order valence-corrected chi connectivity index (χ2v) is 6.59. The monoisotopic (exact) mass is 346 g/mol. The van der Waals surface area contributed by atoms with E-state index in [9.17, 15) is 4.79 Å². The van der Waals surface area contributed by atoms with Gasteiger partial charge in [0.2, 0.25) is 0 Å². The number of nitrogens with zero attached hydrogens (tertiary/aromatic N) is 4. The Morgan fingerprint density at radius 2 is 1.96 bits per heavy atom. The first-order valence-electron chi connectivity index (χ1n) is 9.04. The van der Waals surface area contributed by atoms with Crippen molar-refractivity contribution in [3.05, 3.63) is 71.9 Å². The van der Waals surface area contributed by atoms with Gasteiger partial charge in [0.25, 0.3) is 5.91 Å². The molecule has 1 aromatic carbocycles. The van der Waals surface area contributed by atoms with Crippen LogP contribution in [0.2, 0.25) is 0 Å². The second-order valence-electron chi connectivity index (χ2n) is 6.59. The molecule has 4 rings (SSSR count). The number of hydrogen-bond donors (Lipinski definition) is 0. The quantitative estimate of drug-likeness (QED) is 0.723. The molecule has 2 aromatic heterocycles. The zero-order chi connectivity index (χ0) is 18.1. The van der Waals surface area contributed by atoms with Crippen molar-refractivity contribution in [1.82, 2.24) is 19.4 Å². The molecule has 26 heavy (non-hydrogen) atoms. The molecular weight excluding hydrogens is 324 g/mol. The van der Waals surface area contributed by atoms with Gasteiger partial charge in [0, 0.05) is 36.7 Å². The van der Waals surface area contributed by atoms with Gasteiger partial charge in [-0.05, 0) is 25.5 Å². The van der Waals surface area contributed by atoms with Crippen molar-refractivity contribution in [2.75, 3.05) is 6.54 Å². The van der Waals surface area contributed by atoms with Gasteiger partial charge in [0.05, 0.1) is 17.3 Å². The zero-order valence-electron chi connectivity index (χ0n) is 15.1. The molecule has 0 spiro atoms. The Balaban J connectivity index is 1.75. The van der Waals surface area contributed by atoms with Crippen LogP contribution in [0.4, 0.5) is 0 Å². The largest absolute Gasteiger partial charge is 0.348 e. The van der Waals surface area contributed by atoms with Crippen LogP contribution in [0.25, 0.3) is 11.3 Å². The van der Waals surface area contributed by atoms with E-state index >= 15 is 0 Å². The first-order valence-corrected chi connectivity index (χ1v) is 9.04. The van der Waals surface area contributed by atoms with Crippen LogP contribution in [0.15, 0.2) is 54.9 Å². The lowest BCUT2D eigenvalue weighted by Gasteiger charge is -2.36. The summed E-state index contributed by atoms with van der Waals surface area (Å²) in [6.45, 7) is 5.49. The van der Waals surface area contributed by atoms with Gasteiger partial charge in [-0.15, -0.1) is 0 Å². The van der Waals surface area contributed by atoms with Crippen molar-refractivity contribution in [1.29, 1.82) is 0 Å². The fraction of sp³-hybridized carbons (Fsp3) is 0.286. The maximum absolute atomic E-state index is 13.4. The van der Waals surface area contributed by atoms with E-state index in [1.54, 1.807) is 6.20 Å². The molecule has 1 aliphatic rings. The smallest absolute Gasteiger partial charge is 0.258 e. The summed E-state index contributed by atoms with van der Waals surface area (Å²) in [5, 5.41) is 0. The lowest BCUT2D eigenvalue weighted by molar-refractivity contribution is 0.0618. The average molecular weight is 346 g/mol. The highest BCUT2D eigenvalue weighted by molar-refractivity contribution is 5.99. The number of aromatic nitrogens is 3. The Morgan fingerprint density at radius 1 is 1.15 bits per heavy atom. The van der Waals surface area contributed by atoms with Crippen LogP contribution in [-0.2, 0) is 6.54 Å². The van der Waals surface area contributed by atoms with Crippen molar-refractivity contribution in [2.24, 2.45) is 0 Å². The molecule has 5 heteroatoms. The van der Waals surface area contributed by atoms with Crippen LogP contribution in [0.5, 0.6) is 0 Å². The molecule has 0 saturated heterocycles. The molecule has 3 aromatic rings. The number of fused-ring (bicyclic) bond motifs is 1. The number of benzene rings is 1. The minimum absolute atomic E-state index is 0.00292. The first-order chi connectivity index (χ1) is 12.7. The molecular formula is C21H22N4O. The Hall–Kier alpha value is -2.95. The molecule has 0 aliphatic carbocycles. The van der Waals surface area contributed by atoms with Crippen LogP contribution in [0.3, 0.4) is 0 Å². The van der Waals surface area contributed by atoms with E-state index < -0.39 is 0 Å². The molecule has 1 atom stereocenters. The van der Waals surface area contributed by atoms with Crippen LogP contribution in [0, 0.1) is 6.92 Å². The minimum Gasteiger partial charge on any atom is -0.348 e. The topological polar surface area (TPSA) is 51.0 Å². The lowest BCUT2D eigenvalue weighted by atomic mass is 10.0. The van der Waals surface area contributed by atoms with Gasteiger partial charge in [0.15, 0.2) is 0 Å². The van der Waals surface area contributed by atoms with E-state index in [1.165, 1.54) is 5.69 Å². The molecule has 0 unspecified atom stereocenters. The molecule has 3 heterocycles. The summed E-state index contributed by atoms with van der Waals surface area (Å²) in [6.07, 6.45) is 4.64. The van der Waals surface area contributed by atoms with Crippen molar-refractivity contribution >= 4 is 5.91 Å². The summed E-state index contributed by atoms with van der Waals surface area (Å²) in [7, 11) is 0. The van der Waals surface area contributed by atoms with E-state index in [0.717, 1.165) is 18.5 Å². The third-order valence-electron chi connectivity index (χ3n) is 5.00. The Morgan fingerprint density at radius 3 is 2.73 bits per heavy atom. The lowest BCUT2D eigenvalue weighted by Crippen LogP contribution is -2.42. The highest BCUT2D eigenvalue weighted by Crippen LogP contribution is 2.31. The molecule has 0 fully saturated rings. The Labute approximate surface area is 153 Å². The molecule has 1 aliphatic heterocycles. The minimum atomic E-state index is 0.00292. The number of amides is 1. The first kappa shape index (κ1) is 16.5. The predicted octanol–water partition coefficient (Wildman–Crippen LogP) is 3.86. The van der Waals surface area contributed by atoms with Gasteiger partial charge >= 0.3 is 0 Å². The summed E-state index contributed by atoms with van der Waals surface area (Å²) in [5.74, 6) is 0.670. The summed E-state index contributed by atoms with van der Waals surface area (Å²) in [6, 6.07) is 14.1. The fourth-order valence-corrected chi connectivity index (χ4v) is 3.73. The van der Waals surface area contributed by atoms with Crippen LogP contribution in [-0.4, -0.2) is 31.9 Å². The zero-order valence-corrected chi connectivity index (χ0v) is 15.1. The highest BCUT2D eigenvalue weighted by atomic mass is 16.2. The number of carbonyl (C=O) groups excluding carboxylic acids is 1. The summed E-state index contributed by atoms with van der Waals surface area (Å²) < 4.78 is 2.24. The van der Waals surface area contributed by atoms with Crippen LogP contribution >= 0.6 is 0 Å². The SMILES string of the molecule is CC[C@@H]1c2cccn2CCN1C(=O)c1cnc(C)nc1-c1ccccc1. The molecule has 0 bridgehead atoms. The van der Waals surface area contributed by atoms with Gasteiger partial charge in [-0.25, -0.2) is 9.97 Å². The van der Waals surface area contributed by atoms with E-state index in [-0.39, 0.29) is 11.9 Å². The van der Waals surface area contributed by atoms with E-state index in [4.69, 9.17) is 0 Å². The number of carbonyl (C=O) groups is 1. The van der Waals surface area contributed by atoms with E-state index in [0.29, 0.717) is 23.6 Å². The van der Waals surface area contributed by atoms with Gasteiger partial charge in [-0.3, -0.25) is 4.79 Å². The summed E-state index contributed by atoms with van der Waals surface area (Å²) in [4.78, 5) is 24.3. The van der Waals surface area contributed by atoms with E-state index in [1.807, 2.05) is 42.2 Å². The standard InChI is InChI=1S/C21H22N4O/c1-3-18-19-10-7-11-24(19)12-13-25(18)21(26)17-14-22-15(2)23-20(17)16-8-5-4-6-9-16/h4-11,14,18H,3,12-13H2,1-2H3/t18-/m1/s1. The molecule has 0 N–H and O–H groups in total. The number of rotatable bonds is 3. The third-order valence-corrected chi connectivity index (χ3v) is 5.00. The molecule has 5 nitrogen and oxygen atoms in total. The highest BCUT2D eigenvalue weighted by Gasteiger charge is 2.31. The fourth-order valence-electron chi connectivity index (χ4n) is 3.73. The third kappa shape index (κ3) is 2.79. The van der Waals surface area contributed by atoms with Gasteiger partial charge in [-0.1, -0.05) is 37.3 Å². The molecule has 0 saturated carbocycles. The average Bonchev–Trinajstić information content (AvgIpc) is 3.16. The Bertz CT molecular complexity index is 932. The maximum Gasteiger partial charge on any atom is 0.258 e. The van der Waals surface area contributed by atoms with Gasteiger partial charge in [0.1, 0.15) is 5.82 Å². The van der Waals surface area contributed by atoms with Gasteiger partial charge < -0.3 is 9.47 Å². The summed E-state index contributed by atoms with van der Waals surface area (Å²) in [5.41, 5.74) is 3.41. The Kier molecular flexibility index (Phi) is 4.29. The predicted molar refractivity (Wildman–Crippen MR) is 101 cm³/mol. The normalized spacial score (nSPS) is 16.4. The second kappa shape index (κ2) is 6.75. The summed E-state index contributed by atoms with van der Waals surface area (Å²) >= 11 is 0. The molecule has 0 radical (unpaired) electrons. The van der Waals surface area contributed by atoms with Crippen molar-refractivity contribution in [3.8, 4) is 11.3 Å². The number of hydrogen-bond acceptors (Lipinski definition) is 3. The van der Waals surface area contributed by atoms with Crippen LogP contribution in [0.1, 0.15) is 41.3 Å². The molecule has 132 valence electrons. The van der Waals surface area contributed by atoms with Crippen LogP contribution < -0.4 is 0 Å². The van der Waals surface area contributed by atoms with Gasteiger partial charge in [-0.2, -0.15) is 0 Å².